The fourth-order valence-corrected chi connectivity index (χ4v) is 2.02. The van der Waals surface area contributed by atoms with Gasteiger partial charge in [-0.15, -0.1) is 0 Å². The van der Waals surface area contributed by atoms with Crippen LogP contribution in [0, 0.1) is 0 Å². The summed E-state index contributed by atoms with van der Waals surface area (Å²) in [5, 5.41) is 5.73. The summed E-state index contributed by atoms with van der Waals surface area (Å²) in [6, 6.07) is 0. The molecule has 1 saturated heterocycles. The first-order valence-electron chi connectivity index (χ1n) is 7.70. The van der Waals surface area contributed by atoms with Gasteiger partial charge < -0.3 is 25.0 Å². The van der Waals surface area contributed by atoms with Gasteiger partial charge in [-0.05, 0) is 7.05 Å². The molecule has 124 valence electrons. The molecule has 2 N–H and O–H groups in total. The normalized spacial score (nSPS) is 17.0. The highest BCUT2D eigenvalue weighted by atomic mass is 16.5. The van der Waals surface area contributed by atoms with E-state index in [2.05, 4.69) is 27.5 Å². The fourth-order valence-electron chi connectivity index (χ4n) is 2.02. The van der Waals surface area contributed by atoms with Crippen LogP contribution in [0.5, 0.6) is 0 Å². The number of carbonyl (C=O) groups is 1. The van der Waals surface area contributed by atoms with Crippen molar-refractivity contribution in [2.24, 2.45) is 0 Å². The standard InChI is InChI=1S/C14H30N4O3/c1-15-14(19)13-21-11-4-16-3-10-20-12-9-18-7-5-17(2)6-8-18/h16H,3-13H2,1-2H3,(H,15,19). The third kappa shape index (κ3) is 9.76. The minimum Gasteiger partial charge on any atom is -0.379 e. The Morgan fingerprint density at radius 1 is 1.05 bits per heavy atom. The SMILES string of the molecule is CNC(=O)COCCNCCOCCN1CCN(C)CC1. The number of ether oxygens (including phenoxy) is 2. The molecule has 1 aliphatic heterocycles. The second-order valence-corrected chi connectivity index (χ2v) is 5.23. The zero-order valence-electron chi connectivity index (χ0n) is 13.4. The van der Waals surface area contributed by atoms with E-state index in [1.807, 2.05) is 0 Å². The van der Waals surface area contributed by atoms with Crippen LogP contribution in [0.2, 0.25) is 0 Å². The average molecular weight is 302 g/mol. The molecule has 1 fully saturated rings. The number of hydrogen-bond acceptors (Lipinski definition) is 6. The average Bonchev–Trinajstić information content (AvgIpc) is 2.50. The lowest BCUT2D eigenvalue weighted by Gasteiger charge is -2.32. The summed E-state index contributed by atoms with van der Waals surface area (Å²) in [4.78, 5) is 15.7. The Morgan fingerprint density at radius 3 is 2.38 bits per heavy atom. The van der Waals surface area contributed by atoms with Gasteiger partial charge in [0.25, 0.3) is 0 Å². The van der Waals surface area contributed by atoms with E-state index in [0.29, 0.717) is 13.2 Å². The third-order valence-electron chi connectivity index (χ3n) is 3.51. The van der Waals surface area contributed by atoms with Crippen molar-refractivity contribution in [2.45, 2.75) is 0 Å². The number of hydrogen-bond donors (Lipinski definition) is 2. The van der Waals surface area contributed by atoms with Crippen LogP contribution in [-0.2, 0) is 14.3 Å². The number of rotatable bonds is 11. The Balaban J connectivity index is 1.77. The summed E-state index contributed by atoms with van der Waals surface area (Å²) < 4.78 is 10.8. The van der Waals surface area contributed by atoms with Gasteiger partial charge in [-0.25, -0.2) is 0 Å². The molecule has 0 aromatic rings. The smallest absolute Gasteiger partial charge is 0.245 e. The zero-order valence-corrected chi connectivity index (χ0v) is 13.4. The number of likely N-dealkylation sites (N-methyl/N-ethyl adjacent to an activating group) is 2. The molecule has 0 spiro atoms. The fraction of sp³-hybridized carbons (Fsp3) is 0.929. The van der Waals surface area contributed by atoms with Gasteiger partial charge in [0, 0.05) is 52.9 Å². The molecular weight excluding hydrogens is 272 g/mol. The number of piperazine rings is 1. The molecule has 0 unspecified atom stereocenters. The highest BCUT2D eigenvalue weighted by Crippen LogP contribution is 1.97. The van der Waals surface area contributed by atoms with Gasteiger partial charge in [-0.1, -0.05) is 0 Å². The Labute approximate surface area is 127 Å². The molecule has 0 atom stereocenters. The zero-order chi connectivity index (χ0) is 15.3. The molecule has 0 aromatic carbocycles. The molecule has 1 aliphatic rings. The maximum atomic E-state index is 10.9. The summed E-state index contributed by atoms with van der Waals surface area (Å²) >= 11 is 0. The first-order chi connectivity index (χ1) is 10.2. The molecule has 0 saturated carbocycles. The van der Waals surface area contributed by atoms with Crippen LogP contribution in [-0.4, -0.2) is 102 Å². The van der Waals surface area contributed by atoms with E-state index in [1.165, 1.54) is 0 Å². The van der Waals surface area contributed by atoms with Crippen LogP contribution < -0.4 is 10.6 Å². The topological polar surface area (TPSA) is 66.1 Å². The van der Waals surface area contributed by atoms with Gasteiger partial charge in [0.2, 0.25) is 5.91 Å². The Morgan fingerprint density at radius 2 is 1.71 bits per heavy atom. The molecule has 0 aromatic heterocycles. The molecule has 21 heavy (non-hydrogen) atoms. The van der Waals surface area contributed by atoms with Crippen molar-refractivity contribution in [1.29, 1.82) is 0 Å². The highest BCUT2D eigenvalue weighted by molar-refractivity contribution is 5.76. The molecule has 0 bridgehead atoms. The minimum atomic E-state index is -0.0951. The predicted octanol–water partition coefficient (Wildman–Crippen LogP) is -1.40. The number of amides is 1. The molecular formula is C14H30N4O3. The number of nitrogens with one attached hydrogen (secondary N) is 2. The lowest BCUT2D eigenvalue weighted by Crippen LogP contribution is -2.45. The van der Waals surface area contributed by atoms with Gasteiger partial charge >= 0.3 is 0 Å². The van der Waals surface area contributed by atoms with Crippen LogP contribution in [0.4, 0.5) is 0 Å². The third-order valence-corrected chi connectivity index (χ3v) is 3.51. The highest BCUT2D eigenvalue weighted by Gasteiger charge is 2.12. The van der Waals surface area contributed by atoms with Gasteiger partial charge in [-0.3, -0.25) is 9.69 Å². The van der Waals surface area contributed by atoms with Gasteiger partial charge in [0.1, 0.15) is 6.61 Å². The lowest BCUT2D eigenvalue weighted by atomic mass is 10.3. The molecule has 1 rings (SSSR count). The maximum Gasteiger partial charge on any atom is 0.245 e. The number of carbonyl (C=O) groups excluding carboxylic acids is 1. The summed E-state index contributed by atoms with van der Waals surface area (Å²) in [5.74, 6) is -0.0951. The van der Waals surface area contributed by atoms with Gasteiger partial charge in [0.15, 0.2) is 0 Å². The molecule has 0 radical (unpaired) electrons. The lowest BCUT2D eigenvalue weighted by molar-refractivity contribution is -0.125. The van der Waals surface area contributed by atoms with Crippen LogP contribution in [0.25, 0.3) is 0 Å². The second kappa shape index (κ2) is 11.9. The van der Waals surface area contributed by atoms with E-state index in [0.717, 1.165) is 52.4 Å². The van der Waals surface area contributed by atoms with Crippen LogP contribution >= 0.6 is 0 Å². The van der Waals surface area contributed by atoms with E-state index in [1.54, 1.807) is 7.05 Å². The molecule has 7 nitrogen and oxygen atoms in total. The summed E-state index contributed by atoms with van der Waals surface area (Å²) in [6.45, 7) is 9.31. The van der Waals surface area contributed by atoms with Crippen molar-refractivity contribution >= 4 is 5.91 Å². The first-order valence-corrected chi connectivity index (χ1v) is 7.70. The first kappa shape index (κ1) is 18.3. The molecule has 1 amide bonds. The van der Waals surface area contributed by atoms with E-state index >= 15 is 0 Å². The van der Waals surface area contributed by atoms with Crippen molar-refractivity contribution in [3.63, 3.8) is 0 Å². The maximum absolute atomic E-state index is 10.9. The minimum absolute atomic E-state index is 0.0951. The van der Waals surface area contributed by atoms with E-state index in [4.69, 9.17) is 9.47 Å². The predicted molar refractivity (Wildman–Crippen MR) is 82.5 cm³/mol. The monoisotopic (exact) mass is 302 g/mol. The van der Waals surface area contributed by atoms with Crippen molar-refractivity contribution in [1.82, 2.24) is 20.4 Å². The van der Waals surface area contributed by atoms with E-state index in [9.17, 15) is 4.79 Å². The van der Waals surface area contributed by atoms with Crippen LogP contribution in [0.15, 0.2) is 0 Å². The summed E-state index contributed by atoms with van der Waals surface area (Å²) in [6.07, 6.45) is 0. The Kier molecular flexibility index (Phi) is 10.4. The van der Waals surface area contributed by atoms with Crippen LogP contribution in [0.3, 0.4) is 0 Å². The van der Waals surface area contributed by atoms with Crippen molar-refractivity contribution in [2.75, 3.05) is 86.3 Å². The summed E-state index contributed by atoms with van der Waals surface area (Å²) in [5.41, 5.74) is 0. The Hall–Kier alpha value is -0.730. The van der Waals surface area contributed by atoms with E-state index in [-0.39, 0.29) is 12.5 Å². The largest absolute Gasteiger partial charge is 0.379 e. The number of nitrogens with zero attached hydrogens (tertiary/aromatic N) is 2. The van der Waals surface area contributed by atoms with Crippen molar-refractivity contribution in [3.8, 4) is 0 Å². The van der Waals surface area contributed by atoms with Gasteiger partial charge in [-0.2, -0.15) is 0 Å². The molecule has 7 heteroatoms. The molecule has 0 aliphatic carbocycles. The van der Waals surface area contributed by atoms with Crippen molar-refractivity contribution in [3.05, 3.63) is 0 Å². The van der Waals surface area contributed by atoms with Crippen molar-refractivity contribution < 1.29 is 14.3 Å². The Bertz CT molecular complexity index is 271. The second-order valence-electron chi connectivity index (χ2n) is 5.23. The van der Waals surface area contributed by atoms with Gasteiger partial charge in [0.05, 0.1) is 19.8 Å². The summed E-state index contributed by atoms with van der Waals surface area (Å²) in [7, 11) is 3.77. The van der Waals surface area contributed by atoms with E-state index < -0.39 is 0 Å². The molecule has 1 heterocycles. The quantitative estimate of drug-likeness (QED) is 0.458. The van der Waals surface area contributed by atoms with Crippen LogP contribution in [0.1, 0.15) is 0 Å².